The molecule has 13 nitrogen and oxygen atoms in total. The molecule has 1 aromatic carbocycles. The van der Waals surface area contributed by atoms with E-state index in [2.05, 4.69) is 38.3 Å². The molecule has 1 aromatic rings. The Hall–Kier alpha value is -3.37. The minimum atomic E-state index is -3.54. The van der Waals surface area contributed by atoms with Crippen LogP contribution in [-0.4, -0.2) is 122 Å². The number of hydrogen-bond acceptors (Lipinski definition) is 7. The number of likely N-dealkylation sites (N-methyl/N-ethyl adjacent to an activating group) is 1. The van der Waals surface area contributed by atoms with Crippen LogP contribution in [0.25, 0.3) is 0 Å². The van der Waals surface area contributed by atoms with E-state index in [1.54, 1.807) is 20.8 Å². The van der Waals surface area contributed by atoms with Crippen LogP contribution in [0.2, 0.25) is 0 Å². The third-order valence-electron chi connectivity index (χ3n) is 11.7. The van der Waals surface area contributed by atoms with Crippen LogP contribution in [-0.2, 0) is 31.0 Å². The number of carbonyl (C=O) groups is 4. The summed E-state index contributed by atoms with van der Waals surface area (Å²) in [7, 11) is -2.11. The van der Waals surface area contributed by atoms with Crippen LogP contribution >= 0.6 is 0 Å². The summed E-state index contributed by atoms with van der Waals surface area (Å²) in [6.45, 7) is 17.3. The van der Waals surface area contributed by atoms with Crippen molar-refractivity contribution in [3.63, 3.8) is 0 Å². The Balaban J connectivity index is 1.46. The highest BCUT2D eigenvalue weighted by atomic mass is 32.2. The summed E-state index contributed by atoms with van der Waals surface area (Å²) in [5.41, 5.74) is -0.501. The van der Waals surface area contributed by atoms with E-state index in [1.165, 1.54) is 17.5 Å². The summed E-state index contributed by atoms with van der Waals surface area (Å²) in [6.07, 6.45) is -1.39. The lowest BCUT2D eigenvalue weighted by Gasteiger charge is -2.39. The molecule has 1 saturated carbocycles. The summed E-state index contributed by atoms with van der Waals surface area (Å²) in [4.78, 5) is 59.3. The molecule has 4 N–H and O–H groups in total. The molecule has 0 radical (unpaired) electrons. The smallest absolute Gasteiger partial charge is 0.315 e. The van der Waals surface area contributed by atoms with Crippen LogP contribution in [0.5, 0.6) is 0 Å². The van der Waals surface area contributed by atoms with Crippen molar-refractivity contribution in [2.75, 3.05) is 39.5 Å². The zero-order chi connectivity index (χ0) is 41.3. The van der Waals surface area contributed by atoms with Crippen LogP contribution in [0.4, 0.5) is 13.6 Å². The van der Waals surface area contributed by atoms with Gasteiger partial charge < -0.3 is 26.2 Å². The first kappa shape index (κ1) is 44.3. The number of benzene rings is 1. The van der Waals surface area contributed by atoms with Gasteiger partial charge in [-0.2, -0.15) is 0 Å². The van der Waals surface area contributed by atoms with E-state index in [-0.39, 0.29) is 36.4 Å². The summed E-state index contributed by atoms with van der Waals surface area (Å²) in [5.74, 6) is -2.19. The molecule has 16 heteroatoms. The number of amides is 5. The number of nitrogens with one attached hydrogen (secondary N) is 4. The Kier molecular flexibility index (Phi) is 13.7. The molecule has 5 amide bonds. The van der Waals surface area contributed by atoms with Gasteiger partial charge in [0.2, 0.25) is 34.2 Å². The van der Waals surface area contributed by atoms with Gasteiger partial charge in [0.15, 0.2) is 0 Å². The Morgan fingerprint density at radius 2 is 1.55 bits per heavy atom. The van der Waals surface area contributed by atoms with Gasteiger partial charge in [0.1, 0.15) is 18.1 Å². The summed E-state index contributed by atoms with van der Waals surface area (Å²) in [5, 5.41) is 11.1. The number of likely N-dealkylation sites (tertiary alicyclic amines) is 2. The van der Waals surface area contributed by atoms with Gasteiger partial charge in [0, 0.05) is 58.3 Å². The second-order valence-electron chi connectivity index (χ2n) is 18.5. The maximum atomic E-state index is 14.4. The third-order valence-corrected chi connectivity index (χ3v) is 13.0. The predicted octanol–water partition coefficient (Wildman–Crippen LogP) is 3.41. The number of urea groups is 1. The summed E-state index contributed by atoms with van der Waals surface area (Å²) >= 11 is 0. The molecule has 6 atom stereocenters. The number of carbonyl (C=O) groups excluding carboxylic acids is 4. The minimum absolute atomic E-state index is 0.00247. The number of nitrogens with zero attached hydrogens (tertiary/aromatic N) is 3. The molecule has 310 valence electrons. The van der Waals surface area contributed by atoms with Gasteiger partial charge in [-0.3, -0.25) is 19.3 Å². The summed E-state index contributed by atoms with van der Waals surface area (Å²) in [6, 6.07) is 4.86. The molecule has 2 saturated heterocycles. The minimum Gasteiger partial charge on any atom is -0.351 e. The average Bonchev–Trinajstić information content (AvgIpc) is 3.36. The van der Waals surface area contributed by atoms with Crippen LogP contribution < -0.4 is 21.3 Å². The Morgan fingerprint density at radius 3 is 2.07 bits per heavy atom. The molecular formula is C39H63F2N7O6S. The quantitative estimate of drug-likeness (QED) is 0.225. The molecule has 4 rings (SSSR count). The monoisotopic (exact) mass is 795 g/mol. The van der Waals surface area contributed by atoms with E-state index in [0.717, 1.165) is 30.2 Å². The van der Waals surface area contributed by atoms with Crippen LogP contribution in [0.15, 0.2) is 30.3 Å². The SMILES string of the molecule is CN(C[C@@H](NC(=O)N[C@H](C(=O)N1C[C@H]2[C@@H]([C@H]1C(=O)N[C@@H](CC(F)F)C(=O)NC1CCN(Cc3ccccc3)CC1)C2(C)C)C(C)(C)C)C(C)(C)C)S(C)(=O)=O. The van der Waals surface area contributed by atoms with Crippen molar-refractivity contribution in [3.8, 4) is 0 Å². The highest BCUT2D eigenvalue weighted by Gasteiger charge is 2.70. The molecule has 0 bridgehead atoms. The Bertz CT molecular complexity index is 1640. The lowest BCUT2D eigenvalue weighted by Crippen LogP contribution is -2.63. The van der Waals surface area contributed by atoms with Crippen LogP contribution in [0.3, 0.4) is 0 Å². The van der Waals surface area contributed by atoms with Crippen molar-refractivity contribution < 1.29 is 36.4 Å². The lowest BCUT2D eigenvalue weighted by molar-refractivity contribution is -0.144. The van der Waals surface area contributed by atoms with Gasteiger partial charge in [-0.15, -0.1) is 0 Å². The third kappa shape index (κ3) is 11.4. The van der Waals surface area contributed by atoms with Crippen molar-refractivity contribution in [2.24, 2.45) is 28.1 Å². The van der Waals surface area contributed by atoms with E-state index in [9.17, 15) is 36.4 Å². The number of fused-ring (bicyclic) bond motifs is 1. The van der Waals surface area contributed by atoms with Gasteiger partial charge >= 0.3 is 6.03 Å². The number of hydrogen-bond donors (Lipinski definition) is 4. The fourth-order valence-electron chi connectivity index (χ4n) is 7.93. The van der Waals surface area contributed by atoms with E-state index >= 15 is 0 Å². The molecule has 0 unspecified atom stereocenters. The number of rotatable bonds is 14. The van der Waals surface area contributed by atoms with Gasteiger partial charge in [-0.1, -0.05) is 85.7 Å². The first-order valence-corrected chi connectivity index (χ1v) is 21.1. The van der Waals surface area contributed by atoms with Gasteiger partial charge in [0.05, 0.1) is 6.26 Å². The van der Waals surface area contributed by atoms with Gasteiger partial charge in [0.25, 0.3) is 0 Å². The van der Waals surface area contributed by atoms with Crippen LogP contribution in [0, 0.1) is 28.1 Å². The normalized spacial score (nSPS) is 23.5. The number of alkyl halides is 2. The zero-order valence-corrected chi connectivity index (χ0v) is 34.9. The van der Waals surface area contributed by atoms with Crippen molar-refractivity contribution >= 4 is 33.8 Å². The number of sulfonamides is 1. The number of piperidine rings is 2. The predicted molar refractivity (Wildman–Crippen MR) is 207 cm³/mol. The molecule has 0 spiro atoms. The van der Waals surface area contributed by atoms with Gasteiger partial charge in [-0.25, -0.2) is 26.3 Å². The molecule has 55 heavy (non-hydrogen) atoms. The molecule has 0 aromatic heterocycles. The summed E-state index contributed by atoms with van der Waals surface area (Å²) < 4.78 is 53.2. The van der Waals surface area contributed by atoms with Crippen LogP contribution in [0.1, 0.15) is 80.2 Å². The Morgan fingerprint density at radius 1 is 0.945 bits per heavy atom. The van der Waals surface area contributed by atoms with Crippen molar-refractivity contribution in [1.29, 1.82) is 0 Å². The average molecular weight is 796 g/mol. The second kappa shape index (κ2) is 17.0. The van der Waals surface area contributed by atoms with Crippen molar-refractivity contribution in [3.05, 3.63) is 35.9 Å². The van der Waals surface area contributed by atoms with E-state index in [1.807, 2.05) is 52.8 Å². The number of halogens is 2. The molecule has 3 fully saturated rings. The fourth-order valence-corrected chi connectivity index (χ4v) is 8.35. The molecule has 2 aliphatic heterocycles. The maximum absolute atomic E-state index is 14.4. The second-order valence-corrected chi connectivity index (χ2v) is 20.6. The lowest BCUT2D eigenvalue weighted by atomic mass is 9.85. The largest absolute Gasteiger partial charge is 0.351 e. The van der Waals surface area contributed by atoms with Crippen molar-refractivity contribution in [2.45, 2.75) is 118 Å². The molecule has 3 aliphatic rings. The highest BCUT2D eigenvalue weighted by molar-refractivity contribution is 7.88. The first-order valence-electron chi connectivity index (χ1n) is 19.2. The molecule has 1 aliphatic carbocycles. The van der Waals surface area contributed by atoms with E-state index in [4.69, 9.17) is 0 Å². The van der Waals surface area contributed by atoms with E-state index < -0.39 is 81.6 Å². The fraction of sp³-hybridized carbons (Fsp3) is 0.744. The maximum Gasteiger partial charge on any atom is 0.315 e. The Labute approximate surface area is 326 Å². The highest BCUT2D eigenvalue weighted by Crippen LogP contribution is 2.65. The van der Waals surface area contributed by atoms with Gasteiger partial charge in [-0.05, 0) is 46.5 Å². The zero-order valence-electron chi connectivity index (χ0n) is 34.1. The first-order chi connectivity index (χ1) is 25.3. The van der Waals surface area contributed by atoms with Crippen molar-refractivity contribution in [1.82, 2.24) is 35.4 Å². The standard InChI is InChI=1S/C39H63F2N7O6S/c1-37(2,3)28(23-46(9)55(10,53)54)44-36(52)45-32(38(4,5)6)35(51)48-22-26-30(39(26,7)8)31(48)34(50)43-27(20-29(40)41)33(49)42-25-16-18-47(19-17-25)21-24-14-12-11-13-15-24/h11-15,25-32H,16-23H2,1-10H3,(H,42,49)(H,43,50)(H2,44,45,52)/t26-,27-,28+,30-,31-,32+/m0/s1. The topological polar surface area (TPSA) is 160 Å². The molecule has 2 heterocycles. The molecular weight excluding hydrogens is 733 g/mol. The van der Waals surface area contributed by atoms with E-state index in [0.29, 0.717) is 12.8 Å².